The summed E-state index contributed by atoms with van der Waals surface area (Å²) in [7, 11) is 0. The predicted octanol–water partition coefficient (Wildman–Crippen LogP) is 0.422. The Bertz CT molecular complexity index is 1300. The van der Waals surface area contributed by atoms with Crippen LogP contribution in [0.25, 0.3) is 0 Å². The van der Waals surface area contributed by atoms with Gasteiger partial charge >= 0.3 is 5.97 Å². The van der Waals surface area contributed by atoms with Crippen molar-refractivity contribution < 1.29 is 43.8 Å². The molecule has 1 fully saturated rings. The Kier molecular flexibility index (Phi) is 17.9. The molecule has 1 aromatic carbocycles. The van der Waals surface area contributed by atoms with Crippen LogP contribution >= 0.6 is 0 Å². The summed E-state index contributed by atoms with van der Waals surface area (Å²) in [5.74, 6) is -5.65. The number of carboxylic acid groups (broad SMARTS) is 1. The summed E-state index contributed by atoms with van der Waals surface area (Å²) in [5.41, 5.74) is 6.12. The van der Waals surface area contributed by atoms with Crippen LogP contribution in [0.5, 0.6) is 0 Å². The number of carboxylic acids is 1. The van der Waals surface area contributed by atoms with E-state index in [1.165, 1.54) is 6.92 Å². The summed E-state index contributed by atoms with van der Waals surface area (Å²) in [4.78, 5) is 89.0. The molecule has 0 heterocycles. The molecule has 0 bridgehead atoms. The lowest BCUT2D eigenvalue weighted by atomic mass is 9.84. The summed E-state index contributed by atoms with van der Waals surface area (Å²) in [6.45, 7) is 4.52. The Morgan fingerprint density at radius 2 is 1.34 bits per heavy atom. The fraction of sp³-hybridized carbons (Fsp3) is 0.629. The molecule has 1 saturated carbocycles. The van der Waals surface area contributed by atoms with Crippen LogP contribution in [0.3, 0.4) is 0 Å². The zero-order valence-electron chi connectivity index (χ0n) is 29.2. The van der Waals surface area contributed by atoms with E-state index in [-0.39, 0.29) is 44.1 Å². The molecule has 0 unspecified atom stereocenters. The molecular formula is C35H54N6O9. The minimum Gasteiger partial charge on any atom is -0.481 e. The zero-order chi connectivity index (χ0) is 37.2. The van der Waals surface area contributed by atoms with E-state index < -0.39 is 78.0 Å². The molecule has 1 aliphatic carbocycles. The lowest BCUT2D eigenvalue weighted by Gasteiger charge is -2.29. The number of hydrogen-bond acceptors (Lipinski definition) is 8. The molecule has 278 valence electrons. The number of aliphatic hydroxyl groups excluding tert-OH is 1. The number of carbonyl (C=O) groups is 7. The van der Waals surface area contributed by atoms with Gasteiger partial charge < -0.3 is 42.5 Å². The van der Waals surface area contributed by atoms with Crippen LogP contribution < -0.4 is 32.3 Å². The molecule has 6 amide bonds. The monoisotopic (exact) mass is 702 g/mol. The van der Waals surface area contributed by atoms with E-state index in [0.717, 1.165) is 37.7 Å². The zero-order valence-corrected chi connectivity index (χ0v) is 29.2. The third kappa shape index (κ3) is 15.8. The van der Waals surface area contributed by atoms with Crippen molar-refractivity contribution in [1.82, 2.24) is 26.6 Å². The molecule has 15 nitrogen and oxygen atoms in total. The van der Waals surface area contributed by atoms with Crippen LogP contribution in [0.1, 0.15) is 90.5 Å². The summed E-state index contributed by atoms with van der Waals surface area (Å²) in [6, 6.07) is 3.49. The van der Waals surface area contributed by atoms with Crippen LogP contribution in [0.2, 0.25) is 0 Å². The Morgan fingerprint density at radius 1 is 0.780 bits per heavy atom. The van der Waals surface area contributed by atoms with Gasteiger partial charge in [0.25, 0.3) is 0 Å². The Labute approximate surface area is 293 Å². The normalized spacial score (nSPS) is 16.2. The topological polar surface area (TPSA) is 246 Å². The van der Waals surface area contributed by atoms with Gasteiger partial charge in [0.15, 0.2) is 0 Å². The van der Waals surface area contributed by atoms with Crippen molar-refractivity contribution in [3.63, 3.8) is 0 Å². The molecule has 9 N–H and O–H groups in total. The molecule has 0 saturated heterocycles. The largest absolute Gasteiger partial charge is 0.481 e. The molecular weight excluding hydrogens is 648 g/mol. The van der Waals surface area contributed by atoms with Crippen molar-refractivity contribution in [3.05, 3.63) is 35.9 Å². The second-order valence-corrected chi connectivity index (χ2v) is 13.5. The van der Waals surface area contributed by atoms with Gasteiger partial charge in [-0.3, -0.25) is 33.6 Å². The van der Waals surface area contributed by atoms with Crippen LogP contribution in [-0.2, 0) is 40.0 Å². The second kappa shape index (κ2) is 21.5. The van der Waals surface area contributed by atoms with E-state index >= 15 is 0 Å². The van der Waals surface area contributed by atoms with Crippen molar-refractivity contribution in [2.45, 2.75) is 122 Å². The molecule has 15 heteroatoms. The minimum absolute atomic E-state index is 0.0610. The van der Waals surface area contributed by atoms with Gasteiger partial charge in [0.05, 0.1) is 19.1 Å². The van der Waals surface area contributed by atoms with Gasteiger partial charge in [0.2, 0.25) is 35.4 Å². The predicted molar refractivity (Wildman–Crippen MR) is 184 cm³/mol. The number of benzene rings is 1. The molecule has 0 aliphatic heterocycles. The molecule has 0 aromatic heterocycles. The van der Waals surface area contributed by atoms with E-state index in [2.05, 4.69) is 26.6 Å². The van der Waals surface area contributed by atoms with Crippen molar-refractivity contribution in [2.75, 3.05) is 6.61 Å². The van der Waals surface area contributed by atoms with Gasteiger partial charge in [-0.15, -0.1) is 0 Å². The highest BCUT2D eigenvalue weighted by Gasteiger charge is 2.34. The van der Waals surface area contributed by atoms with Crippen molar-refractivity contribution >= 4 is 41.4 Å². The Balaban J connectivity index is 2.26. The summed E-state index contributed by atoms with van der Waals surface area (Å²) < 4.78 is 0. The third-order valence-corrected chi connectivity index (χ3v) is 8.54. The van der Waals surface area contributed by atoms with Crippen LogP contribution in [0, 0.1) is 11.8 Å². The maximum absolute atomic E-state index is 13.7. The number of aliphatic hydroxyl groups is 1. The van der Waals surface area contributed by atoms with E-state index in [9.17, 15) is 43.8 Å². The summed E-state index contributed by atoms with van der Waals surface area (Å²) in [5, 5.41) is 32.5. The van der Waals surface area contributed by atoms with Gasteiger partial charge in [-0.05, 0) is 43.1 Å². The number of nitrogens with one attached hydrogen (secondary N) is 5. The Morgan fingerprint density at radius 3 is 1.90 bits per heavy atom. The quantitative estimate of drug-likeness (QED) is 0.0884. The summed E-state index contributed by atoms with van der Waals surface area (Å²) >= 11 is 0. The number of carbonyl (C=O) groups excluding carboxylic acids is 6. The minimum atomic E-state index is -1.60. The highest BCUT2D eigenvalue weighted by atomic mass is 16.4. The first-order valence-electron chi connectivity index (χ1n) is 17.3. The maximum Gasteiger partial charge on any atom is 0.305 e. The summed E-state index contributed by atoms with van der Waals surface area (Å²) in [6.07, 6.45) is 4.13. The second-order valence-electron chi connectivity index (χ2n) is 13.5. The molecule has 0 spiro atoms. The van der Waals surface area contributed by atoms with Crippen molar-refractivity contribution in [1.29, 1.82) is 0 Å². The number of aliphatic carboxylic acids is 1. The standard InChI is InChI=1S/C35H54N6O9/c1-21(2)16-27(33(48)38-25(20-42)17-23-10-6-4-7-11-23)39-35(50)29(19-31(45)46)41-34(49)28(18-24-12-8-5-9-13-24)40-32(47)26(37-22(3)43)14-15-30(36)44/h4,6-7,10-11,21,24-29,42H,5,8-9,12-20H2,1-3H3,(H2,36,44)(H,37,43)(H,38,48)(H,39,50)(H,40,47)(H,41,49)(H,45,46)/t25-,26-,27-,28-,29-/m0/s1. The van der Waals surface area contributed by atoms with Gasteiger partial charge in [-0.25, -0.2) is 0 Å². The number of hydrogen-bond donors (Lipinski definition) is 8. The highest BCUT2D eigenvalue weighted by Crippen LogP contribution is 2.27. The molecule has 2 rings (SSSR count). The van der Waals surface area contributed by atoms with E-state index in [1.807, 2.05) is 44.2 Å². The fourth-order valence-electron chi connectivity index (χ4n) is 6.05. The van der Waals surface area contributed by atoms with Crippen LogP contribution in [-0.4, -0.2) is 88.4 Å². The first kappa shape index (κ1) is 41.6. The smallest absolute Gasteiger partial charge is 0.305 e. The van der Waals surface area contributed by atoms with Gasteiger partial charge in [0, 0.05) is 13.3 Å². The van der Waals surface area contributed by atoms with E-state index in [4.69, 9.17) is 5.73 Å². The average molecular weight is 703 g/mol. The highest BCUT2D eigenvalue weighted by molar-refractivity contribution is 5.96. The lowest BCUT2D eigenvalue weighted by molar-refractivity contribution is -0.141. The first-order valence-corrected chi connectivity index (χ1v) is 17.3. The molecule has 50 heavy (non-hydrogen) atoms. The number of amides is 6. The SMILES string of the molecule is CC(=O)N[C@@H](CCC(N)=O)C(=O)N[C@@H](CC1CCCCC1)C(=O)N[C@@H](CC(=O)O)C(=O)N[C@@H](CC(C)C)C(=O)N[C@H](CO)Cc1ccccc1. The van der Waals surface area contributed by atoms with Crippen LogP contribution in [0.4, 0.5) is 0 Å². The van der Waals surface area contributed by atoms with E-state index in [1.54, 1.807) is 0 Å². The average Bonchev–Trinajstić information content (AvgIpc) is 3.05. The maximum atomic E-state index is 13.7. The lowest BCUT2D eigenvalue weighted by Crippen LogP contribution is -2.59. The van der Waals surface area contributed by atoms with Crippen molar-refractivity contribution in [2.24, 2.45) is 17.6 Å². The first-order chi connectivity index (χ1) is 23.7. The van der Waals surface area contributed by atoms with Gasteiger partial charge in [0.1, 0.15) is 24.2 Å². The molecule has 1 aromatic rings. The molecule has 0 radical (unpaired) electrons. The number of nitrogens with two attached hydrogens (primary N) is 1. The molecule has 5 atom stereocenters. The van der Waals surface area contributed by atoms with Gasteiger partial charge in [-0.1, -0.05) is 76.3 Å². The van der Waals surface area contributed by atoms with Gasteiger partial charge in [-0.2, -0.15) is 0 Å². The number of primary amides is 1. The van der Waals surface area contributed by atoms with E-state index in [0.29, 0.717) is 6.42 Å². The number of rotatable bonds is 21. The van der Waals surface area contributed by atoms with Crippen LogP contribution in [0.15, 0.2) is 30.3 Å². The molecule has 1 aliphatic rings. The third-order valence-electron chi connectivity index (χ3n) is 8.54. The fourth-order valence-corrected chi connectivity index (χ4v) is 6.05. The Hall–Kier alpha value is -4.53. The van der Waals surface area contributed by atoms with Crippen molar-refractivity contribution in [3.8, 4) is 0 Å².